The molecule has 0 bridgehead atoms. The van der Waals surface area contributed by atoms with E-state index in [1.807, 2.05) is 6.92 Å². The first-order valence-electron chi connectivity index (χ1n) is 5.18. The van der Waals surface area contributed by atoms with E-state index >= 15 is 0 Å². The molecule has 0 saturated carbocycles. The van der Waals surface area contributed by atoms with Gasteiger partial charge in [0, 0.05) is 12.2 Å². The third kappa shape index (κ3) is 2.73. The number of benzene rings is 1. The first kappa shape index (κ1) is 12.5. The van der Waals surface area contributed by atoms with Crippen molar-refractivity contribution in [1.29, 1.82) is 0 Å². The molecule has 4 heteroatoms. The zero-order chi connectivity index (χ0) is 12.3. The van der Waals surface area contributed by atoms with Crippen molar-refractivity contribution in [3.8, 4) is 5.75 Å². The van der Waals surface area contributed by atoms with E-state index in [0.717, 1.165) is 5.56 Å². The molecule has 0 fully saturated rings. The van der Waals surface area contributed by atoms with Gasteiger partial charge in [0.1, 0.15) is 5.75 Å². The number of carbonyl (C=O) groups is 1. The molecule has 88 valence electrons. The van der Waals surface area contributed by atoms with Crippen molar-refractivity contribution in [3.63, 3.8) is 0 Å². The predicted molar refractivity (Wildman–Crippen MR) is 64.3 cm³/mol. The number of nitrogens with one attached hydrogen (secondary N) is 1. The van der Waals surface area contributed by atoms with Crippen molar-refractivity contribution in [2.24, 2.45) is 11.1 Å². The average Bonchev–Trinajstić information content (AvgIpc) is 2.22. The van der Waals surface area contributed by atoms with Crippen molar-refractivity contribution < 1.29 is 9.90 Å². The average molecular weight is 222 g/mol. The maximum Gasteiger partial charge on any atom is 0.231 e. The summed E-state index contributed by atoms with van der Waals surface area (Å²) in [4.78, 5) is 11.8. The van der Waals surface area contributed by atoms with Gasteiger partial charge in [-0.1, -0.05) is 0 Å². The Labute approximate surface area is 95.5 Å². The number of phenols is 1. The molecule has 1 aromatic rings. The summed E-state index contributed by atoms with van der Waals surface area (Å²) in [6.07, 6.45) is 0. The first-order valence-corrected chi connectivity index (χ1v) is 5.18. The number of amides is 1. The highest BCUT2D eigenvalue weighted by molar-refractivity contribution is 5.95. The van der Waals surface area contributed by atoms with Crippen LogP contribution in [0, 0.1) is 12.3 Å². The lowest BCUT2D eigenvalue weighted by molar-refractivity contribution is -0.123. The molecule has 0 spiro atoms. The van der Waals surface area contributed by atoms with Gasteiger partial charge in [0.05, 0.1) is 5.41 Å². The molecule has 0 radical (unpaired) electrons. The van der Waals surface area contributed by atoms with Crippen molar-refractivity contribution >= 4 is 11.6 Å². The van der Waals surface area contributed by atoms with Gasteiger partial charge < -0.3 is 16.2 Å². The molecule has 0 unspecified atom stereocenters. The highest BCUT2D eigenvalue weighted by Gasteiger charge is 2.25. The minimum atomic E-state index is -0.593. The molecular weight excluding hydrogens is 204 g/mol. The number of carbonyl (C=O) groups excluding carboxylic acids is 1. The van der Waals surface area contributed by atoms with Crippen LogP contribution in [0.15, 0.2) is 18.2 Å². The van der Waals surface area contributed by atoms with Crippen molar-refractivity contribution in [3.05, 3.63) is 23.8 Å². The van der Waals surface area contributed by atoms with E-state index in [1.54, 1.807) is 26.0 Å². The number of rotatable bonds is 3. The summed E-state index contributed by atoms with van der Waals surface area (Å²) < 4.78 is 0. The van der Waals surface area contributed by atoms with Crippen molar-refractivity contribution in [1.82, 2.24) is 0 Å². The van der Waals surface area contributed by atoms with Gasteiger partial charge in [-0.2, -0.15) is 0 Å². The van der Waals surface area contributed by atoms with Gasteiger partial charge in [0.25, 0.3) is 0 Å². The van der Waals surface area contributed by atoms with Crippen LogP contribution in [-0.2, 0) is 4.79 Å². The molecule has 1 amide bonds. The van der Waals surface area contributed by atoms with Gasteiger partial charge in [-0.25, -0.2) is 0 Å². The quantitative estimate of drug-likeness (QED) is 0.680. The molecule has 1 aromatic carbocycles. The molecule has 4 N–H and O–H groups in total. The molecule has 0 aliphatic heterocycles. The fourth-order valence-electron chi connectivity index (χ4n) is 1.17. The van der Waals surface area contributed by atoms with Crippen LogP contribution < -0.4 is 11.1 Å². The second-order valence-electron chi connectivity index (χ2n) is 4.54. The lowest BCUT2D eigenvalue weighted by Gasteiger charge is -2.21. The van der Waals surface area contributed by atoms with E-state index in [-0.39, 0.29) is 18.2 Å². The van der Waals surface area contributed by atoms with Crippen LogP contribution in [0.5, 0.6) is 5.75 Å². The summed E-state index contributed by atoms with van der Waals surface area (Å²) in [6, 6.07) is 4.82. The Bertz CT molecular complexity index is 400. The van der Waals surface area contributed by atoms with Crippen LogP contribution in [0.1, 0.15) is 19.4 Å². The molecule has 1 rings (SSSR count). The Kier molecular flexibility index (Phi) is 3.55. The molecule has 0 saturated heterocycles. The normalized spacial score (nSPS) is 11.2. The zero-order valence-corrected chi connectivity index (χ0v) is 9.87. The SMILES string of the molecule is Cc1cc(O)ccc1NC(=O)C(C)(C)CN. The highest BCUT2D eigenvalue weighted by atomic mass is 16.3. The van der Waals surface area contributed by atoms with Crippen LogP contribution in [0.4, 0.5) is 5.69 Å². The van der Waals surface area contributed by atoms with E-state index in [0.29, 0.717) is 5.69 Å². The molecule has 4 nitrogen and oxygen atoms in total. The summed E-state index contributed by atoms with van der Waals surface area (Å²) >= 11 is 0. The van der Waals surface area contributed by atoms with Crippen LogP contribution in [0.25, 0.3) is 0 Å². The van der Waals surface area contributed by atoms with Crippen LogP contribution in [0.2, 0.25) is 0 Å². The zero-order valence-electron chi connectivity index (χ0n) is 9.87. The lowest BCUT2D eigenvalue weighted by Crippen LogP contribution is -2.37. The Morgan fingerprint density at radius 1 is 1.50 bits per heavy atom. The number of anilines is 1. The lowest BCUT2D eigenvalue weighted by atomic mass is 9.92. The molecule has 0 aliphatic carbocycles. The largest absolute Gasteiger partial charge is 0.508 e. The number of phenolic OH excluding ortho intramolecular Hbond substituents is 1. The minimum Gasteiger partial charge on any atom is -0.508 e. The fourth-order valence-corrected chi connectivity index (χ4v) is 1.17. The number of hydrogen-bond acceptors (Lipinski definition) is 3. The monoisotopic (exact) mass is 222 g/mol. The standard InChI is InChI=1S/C12H18N2O2/c1-8-6-9(15)4-5-10(8)14-11(16)12(2,3)7-13/h4-6,15H,7,13H2,1-3H3,(H,14,16). The maximum atomic E-state index is 11.8. The Morgan fingerprint density at radius 2 is 2.12 bits per heavy atom. The van der Waals surface area contributed by atoms with Gasteiger partial charge in [0.15, 0.2) is 0 Å². The first-order chi connectivity index (χ1) is 7.36. The molecule has 0 heterocycles. The van der Waals surface area contributed by atoms with Gasteiger partial charge in [-0.05, 0) is 44.5 Å². The third-order valence-corrected chi connectivity index (χ3v) is 2.58. The Morgan fingerprint density at radius 3 is 2.62 bits per heavy atom. The van der Waals surface area contributed by atoms with Crippen LogP contribution >= 0.6 is 0 Å². The van der Waals surface area contributed by atoms with E-state index in [4.69, 9.17) is 5.73 Å². The second-order valence-corrected chi connectivity index (χ2v) is 4.54. The van der Waals surface area contributed by atoms with Gasteiger partial charge in [-0.15, -0.1) is 0 Å². The fraction of sp³-hybridized carbons (Fsp3) is 0.417. The van der Waals surface area contributed by atoms with E-state index < -0.39 is 5.41 Å². The summed E-state index contributed by atoms with van der Waals surface area (Å²) in [7, 11) is 0. The summed E-state index contributed by atoms with van der Waals surface area (Å²) in [5, 5.41) is 12.0. The molecule has 16 heavy (non-hydrogen) atoms. The summed E-state index contributed by atoms with van der Waals surface area (Å²) in [6.45, 7) is 5.69. The summed E-state index contributed by atoms with van der Waals surface area (Å²) in [5.74, 6) is 0.0670. The molecular formula is C12H18N2O2. The number of aromatic hydroxyl groups is 1. The van der Waals surface area contributed by atoms with Gasteiger partial charge in [0.2, 0.25) is 5.91 Å². The molecule has 0 aliphatic rings. The highest BCUT2D eigenvalue weighted by Crippen LogP contribution is 2.22. The van der Waals surface area contributed by atoms with E-state index in [1.165, 1.54) is 6.07 Å². The topological polar surface area (TPSA) is 75.3 Å². The van der Waals surface area contributed by atoms with Crippen LogP contribution in [-0.4, -0.2) is 17.6 Å². The molecule has 0 atom stereocenters. The smallest absolute Gasteiger partial charge is 0.231 e. The number of aryl methyl sites for hydroxylation is 1. The van der Waals surface area contributed by atoms with Crippen molar-refractivity contribution in [2.45, 2.75) is 20.8 Å². The molecule has 0 aromatic heterocycles. The van der Waals surface area contributed by atoms with E-state index in [9.17, 15) is 9.90 Å². The van der Waals surface area contributed by atoms with Crippen molar-refractivity contribution in [2.75, 3.05) is 11.9 Å². The van der Waals surface area contributed by atoms with Gasteiger partial charge in [-0.3, -0.25) is 4.79 Å². The predicted octanol–water partition coefficient (Wildman–Crippen LogP) is 1.62. The minimum absolute atomic E-state index is 0.121. The number of nitrogens with two attached hydrogens (primary N) is 1. The number of hydrogen-bond donors (Lipinski definition) is 3. The second kappa shape index (κ2) is 4.53. The third-order valence-electron chi connectivity index (χ3n) is 2.58. The van der Waals surface area contributed by atoms with Crippen LogP contribution in [0.3, 0.4) is 0 Å². The Hall–Kier alpha value is -1.55. The van der Waals surface area contributed by atoms with E-state index in [2.05, 4.69) is 5.32 Å². The maximum absolute atomic E-state index is 11.8. The van der Waals surface area contributed by atoms with Gasteiger partial charge >= 0.3 is 0 Å². The Balaban J connectivity index is 2.85. The summed E-state index contributed by atoms with van der Waals surface area (Å²) in [5.41, 5.74) is 6.45.